The van der Waals surface area contributed by atoms with Crippen LogP contribution in [0.3, 0.4) is 0 Å². The Balaban J connectivity index is 0.00000196. The zero-order valence-electron chi connectivity index (χ0n) is 14.8. The van der Waals surface area contributed by atoms with Gasteiger partial charge in [-0.1, -0.05) is 0 Å². The van der Waals surface area contributed by atoms with Crippen molar-refractivity contribution >= 4 is 28.3 Å². The molecule has 1 amide bonds. The number of nitrogens with zero attached hydrogens (tertiary/aromatic N) is 4. The summed E-state index contributed by atoms with van der Waals surface area (Å²) >= 11 is 0. The summed E-state index contributed by atoms with van der Waals surface area (Å²) in [6.07, 6.45) is 4.74. The van der Waals surface area contributed by atoms with Crippen LogP contribution in [0, 0.1) is 5.92 Å². The van der Waals surface area contributed by atoms with E-state index in [1.807, 2.05) is 9.47 Å². The van der Waals surface area contributed by atoms with Gasteiger partial charge < -0.3 is 14.8 Å². The molecule has 3 aliphatic rings. The van der Waals surface area contributed by atoms with E-state index < -0.39 is 10.0 Å². The van der Waals surface area contributed by atoms with E-state index in [-0.39, 0.29) is 35.8 Å². The van der Waals surface area contributed by atoms with Crippen molar-refractivity contribution in [2.24, 2.45) is 5.92 Å². The maximum atomic E-state index is 13.1. The Morgan fingerprint density at radius 3 is 2.69 bits per heavy atom. The Kier molecular flexibility index (Phi) is 5.91. The van der Waals surface area contributed by atoms with Gasteiger partial charge in [-0.05, 0) is 19.3 Å². The van der Waals surface area contributed by atoms with Crippen LogP contribution in [0.15, 0.2) is 11.2 Å². The summed E-state index contributed by atoms with van der Waals surface area (Å²) < 4.78 is 29.5. The largest absolute Gasteiger partial charge is 0.340 e. The number of carbonyl (C=O) groups excluding carboxylic acids is 1. The van der Waals surface area contributed by atoms with Gasteiger partial charge in [0.2, 0.25) is 5.91 Å². The van der Waals surface area contributed by atoms with Crippen molar-refractivity contribution in [1.82, 2.24) is 24.1 Å². The molecule has 4 heterocycles. The van der Waals surface area contributed by atoms with E-state index in [1.54, 1.807) is 0 Å². The number of imidazole rings is 1. The van der Waals surface area contributed by atoms with Crippen LogP contribution in [0.5, 0.6) is 0 Å². The fourth-order valence-corrected chi connectivity index (χ4v) is 5.75. The number of amides is 1. The number of fused-ring (bicyclic) bond motifs is 1. The number of carbonyl (C=O) groups is 1. The lowest BCUT2D eigenvalue weighted by Gasteiger charge is -2.35. The van der Waals surface area contributed by atoms with Crippen LogP contribution in [-0.2, 0) is 27.8 Å². The number of rotatable bonds is 3. The molecule has 26 heavy (non-hydrogen) atoms. The average Bonchev–Trinajstić information content (AvgIpc) is 3.25. The molecule has 1 N–H and O–H groups in total. The number of halogens is 1. The lowest BCUT2D eigenvalue weighted by atomic mass is 9.98. The van der Waals surface area contributed by atoms with E-state index in [0.29, 0.717) is 26.2 Å². The molecule has 1 atom stereocenters. The maximum absolute atomic E-state index is 13.1. The van der Waals surface area contributed by atoms with E-state index in [9.17, 15) is 13.2 Å². The van der Waals surface area contributed by atoms with Crippen LogP contribution < -0.4 is 5.32 Å². The minimum atomic E-state index is -3.59. The number of piperidine rings is 1. The molecular formula is C16H26ClN5O3S. The van der Waals surface area contributed by atoms with E-state index in [1.165, 1.54) is 10.5 Å². The topological polar surface area (TPSA) is 87.5 Å². The lowest BCUT2D eigenvalue weighted by molar-refractivity contribution is -0.137. The van der Waals surface area contributed by atoms with Crippen molar-refractivity contribution in [1.29, 1.82) is 0 Å². The van der Waals surface area contributed by atoms with E-state index in [2.05, 4.69) is 10.3 Å². The molecule has 1 aromatic rings. The molecule has 146 valence electrons. The van der Waals surface area contributed by atoms with E-state index in [4.69, 9.17) is 0 Å². The number of sulfonamides is 1. The molecule has 2 saturated heterocycles. The van der Waals surface area contributed by atoms with Gasteiger partial charge in [0.05, 0.1) is 12.1 Å². The highest BCUT2D eigenvalue weighted by Crippen LogP contribution is 2.27. The predicted molar refractivity (Wildman–Crippen MR) is 98.7 cm³/mol. The van der Waals surface area contributed by atoms with Crippen molar-refractivity contribution in [2.45, 2.75) is 37.3 Å². The number of nitrogens with one attached hydrogen (secondary N) is 1. The molecular weight excluding hydrogens is 378 g/mol. The van der Waals surface area contributed by atoms with Crippen LogP contribution >= 0.6 is 12.4 Å². The van der Waals surface area contributed by atoms with Gasteiger partial charge in [0.25, 0.3) is 10.0 Å². The standard InChI is InChI=1S/C16H25N5O3S.ClH/c22-16(19-9-5-17-6-10-19)13-3-1-7-20(12-13)25(23,24)15-11-18-14-4-2-8-21(14)15;/h11,13,17H,1-10,12H2;1H. The number of hydrogen-bond acceptors (Lipinski definition) is 5. The first kappa shape index (κ1) is 19.6. The normalized spacial score (nSPS) is 24.2. The molecule has 10 heteroatoms. The van der Waals surface area contributed by atoms with Gasteiger partial charge in [-0.25, -0.2) is 13.4 Å². The Hall–Kier alpha value is -1.16. The molecule has 0 bridgehead atoms. The highest BCUT2D eigenvalue weighted by molar-refractivity contribution is 7.89. The summed E-state index contributed by atoms with van der Waals surface area (Å²) in [5, 5.41) is 3.53. The zero-order chi connectivity index (χ0) is 17.4. The minimum absolute atomic E-state index is 0. The Bertz CT molecular complexity index is 760. The molecule has 4 rings (SSSR count). The van der Waals surface area contributed by atoms with E-state index in [0.717, 1.165) is 44.6 Å². The Labute approximate surface area is 160 Å². The van der Waals surface area contributed by atoms with Crippen molar-refractivity contribution in [2.75, 3.05) is 39.3 Å². The molecule has 0 aliphatic carbocycles. The second-order valence-corrected chi connectivity index (χ2v) is 8.93. The quantitative estimate of drug-likeness (QED) is 0.772. The summed E-state index contributed by atoms with van der Waals surface area (Å²) in [5.74, 6) is 0.714. The van der Waals surface area contributed by atoms with Gasteiger partial charge in [0.15, 0.2) is 5.03 Å². The van der Waals surface area contributed by atoms with E-state index >= 15 is 0 Å². The number of aryl methyl sites for hydroxylation is 1. The highest BCUT2D eigenvalue weighted by atomic mass is 35.5. The Morgan fingerprint density at radius 1 is 1.15 bits per heavy atom. The first-order chi connectivity index (χ1) is 12.1. The molecule has 0 spiro atoms. The summed E-state index contributed by atoms with van der Waals surface area (Å²) in [4.78, 5) is 18.9. The SMILES string of the molecule is Cl.O=C(C1CCCN(S(=O)(=O)c2cnc3n2CCC3)C1)N1CCNCC1. The van der Waals surface area contributed by atoms with Crippen LogP contribution in [0.2, 0.25) is 0 Å². The number of aromatic nitrogens is 2. The zero-order valence-corrected chi connectivity index (χ0v) is 16.4. The smallest absolute Gasteiger partial charge is 0.260 e. The molecule has 0 radical (unpaired) electrons. The number of hydrogen-bond donors (Lipinski definition) is 1. The number of piperazine rings is 1. The van der Waals surface area contributed by atoms with Crippen LogP contribution in [0.25, 0.3) is 0 Å². The maximum Gasteiger partial charge on any atom is 0.260 e. The van der Waals surface area contributed by atoms with Gasteiger partial charge in [-0.2, -0.15) is 4.31 Å². The molecule has 2 fully saturated rings. The summed E-state index contributed by atoms with van der Waals surface area (Å²) in [5.41, 5.74) is 0. The van der Waals surface area contributed by atoms with Crippen LogP contribution in [-0.4, -0.2) is 72.3 Å². The van der Waals surface area contributed by atoms with Gasteiger partial charge in [-0.15, -0.1) is 12.4 Å². The van der Waals surface area contributed by atoms with Crippen molar-refractivity contribution in [3.8, 4) is 0 Å². The molecule has 8 nitrogen and oxygen atoms in total. The van der Waals surface area contributed by atoms with Crippen LogP contribution in [0.4, 0.5) is 0 Å². The minimum Gasteiger partial charge on any atom is -0.340 e. The molecule has 1 unspecified atom stereocenters. The third-order valence-electron chi connectivity index (χ3n) is 5.45. The Morgan fingerprint density at radius 2 is 1.92 bits per heavy atom. The molecule has 0 saturated carbocycles. The van der Waals surface area contributed by atoms with Crippen molar-refractivity contribution < 1.29 is 13.2 Å². The third kappa shape index (κ3) is 3.49. The fourth-order valence-electron chi connectivity index (χ4n) is 4.07. The monoisotopic (exact) mass is 403 g/mol. The highest BCUT2D eigenvalue weighted by Gasteiger charge is 2.37. The van der Waals surface area contributed by atoms with Gasteiger partial charge >= 0.3 is 0 Å². The third-order valence-corrected chi connectivity index (χ3v) is 7.32. The van der Waals surface area contributed by atoms with Gasteiger partial charge in [0.1, 0.15) is 5.82 Å². The van der Waals surface area contributed by atoms with Gasteiger partial charge in [-0.3, -0.25) is 4.79 Å². The second kappa shape index (κ2) is 7.84. The van der Waals surface area contributed by atoms with Crippen molar-refractivity contribution in [3.63, 3.8) is 0 Å². The summed E-state index contributed by atoms with van der Waals surface area (Å²) in [7, 11) is -3.59. The van der Waals surface area contributed by atoms with Crippen LogP contribution in [0.1, 0.15) is 25.1 Å². The molecule has 3 aliphatic heterocycles. The lowest BCUT2D eigenvalue weighted by Crippen LogP contribution is -2.52. The molecule has 0 aromatic carbocycles. The first-order valence-electron chi connectivity index (χ1n) is 9.11. The fraction of sp³-hybridized carbons (Fsp3) is 0.750. The average molecular weight is 404 g/mol. The molecule has 1 aromatic heterocycles. The van der Waals surface area contributed by atoms with Gasteiger partial charge in [0, 0.05) is 52.2 Å². The second-order valence-electron chi connectivity index (χ2n) is 7.05. The summed E-state index contributed by atoms with van der Waals surface area (Å²) in [6, 6.07) is 0. The van der Waals surface area contributed by atoms with Crippen molar-refractivity contribution in [3.05, 3.63) is 12.0 Å². The summed E-state index contributed by atoms with van der Waals surface area (Å²) in [6.45, 7) is 4.50. The predicted octanol–water partition coefficient (Wildman–Crippen LogP) is 0.0836. The first-order valence-corrected chi connectivity index (χ1v) is 10.6.